The van der Waals surface area contributed by atoms with Crippen molar-refractivity contribution in [3.8, 4) is 0 Å². The van der Waals surface area contributed by atoms with Gasteiger partial charge in [-0.3, -0.25) is 9.78 Å². The van der Waals surface area contributed by atoms with E-state index >= 15 is 0 Å². The van der Waals surface area contributed by atoms with Crippen LogP contribution in [0.5, 0.6) is 0 Å². The number of hydrogen-bond donors (Lipinski definition) is 1. The first kappa shape index (κ1) is 17.8. The summed E-state index contributed by atoms with van der Waals surface area (Å²) >= 11 is 0. The van der Waals surface area contributed by atoms with Gasteiger partial charge in [0.15, 0.2) is 0 Å². The third kappa shape index (κ3) is 4.41. The SMILES string of the molecule is O=C(c1cncc(Nc2ccc(N3CCCCC3)cc2)c1)N1CCCCC1. The Balaban J connectivity index is 1.42. The zero-order valence-electron chi connectivity index (χ0n) is 15.9. The van der Waals surface area contributed by atoms with Gasteiger partial charge in [0.1, 0.15) is 0 Å². The highest BCUT2D eigenvalue weighted by atomic mass is 16.2. The topological polar surface area (TPSA) is 48.5 Å². The van der Waals surface area contributed by atoms with E-state index in [1.54, 1.807) is 12.4 Å². The first-order valence-corrected chi connectivity index (χ1v) is 10.2. The third-order valence-corrected chi connectivity index (χ3v) is 5.51. The molecule has 3 heterocycles. The maximum atomic E-state index is 12.7. The summed E-state index contributed by atoms with van der Waals surface area (Å²) in [5.41, 5.74) is 3.81. The summed E-state index contributed by atoms with van der Waals surface area (Å²) in [5.74, 6) is 0.0892. The first-order valence-electron chi connectivity index (χ1n) is 10.2. The van der Waals surface area contributed by atoms with Crippen LogP contribution in [0.1, 0.15) is 48.9 Å². The van der Waals surface area contributed by atoms with E-state index in [1.807, 2.05) is 11.0 Å². The number of pyridine rings is 1. The zero-order chi connectivity index (χ0) is 18.5. The highest BCUT2D eigenvalue weighted by molar-refractivity contribution is 5.95. The van der Waals surface area contributed by atoms with Gasteiger partial charge in [0.05, 0.1) is 17.4 Å². The van der Waals surface area contributed by atoms with Gasteiger partial charge in [-0.15, -0.1) is 0 Å². The number of nitrogens with zero attached hydrogens (tertiary/aromatic N) is 3. The number of carbonyl (C=O) groups is 1. The van der Waals surface area contributed by atoms with Crippen LogP contribution in [0.25, 0.3) is 0 Å². The molecule has 27 heavy (non-hydrogen) atoms. The van der Waals surface area contributed by atoms with Crippen molar-refractivity contribution in [3.05, 3.63) is 48.3 Å². The van der Waals surface area contributed by atoms with Gasteiger partial charge in [0.2, 0.25) is 0 Å². The van der Waals surface area contributed by atoms with E-state index in [0.29, 0.717) is 5.56 Å². The molecule has 5 nitrogen and oxygen atoms in total. The Bertz CT molecular complexity index is 762. The summed E-state index contributed by atoms with van der Waals surface area (Å²) in [6, 6.07) is 10.4. The predicted octanol–water partition coefficient (Wildman–Crippen LogP) is 4.44. The molecule has 5 heteroatoms. The molecule has 4 rings (SSSR count). The molecule has 0 spiro atoms. The molecule has 142 valence electrons. The summed E-state index contributed by atoms with van der Waals surface area (Å²) in [5, 5.41) is 3.38. The number of anilines is 3. The van der Waals surface area contributed by atoms with Gasteiger partial charge in [-0.1, -0.05) is 0 Å². The van der Waals surface area contributed by atoms with Crippen molar-refractivity contribution >= 4 is 23.0 Å². The molecule has 2 aliphatic heterocycles. The minimum Gasteiger partial charge on any atom is -0.372 e. The number of likely N-dealkylation sites (tertiary alicyclic amines) is 1. The summed E-state index contributed by atoms with van der Waals surface area (Å²) in [4.78, 5) is 21.3. The van der Waals surface area contributed by atoms with E-state index in [1.165, 1.54) is 31.4 Å². The highest BCUT2D eigenvalue weighted by Gasteiger charge is 2.18. The molecule has 2 aliphatic rings. The number of aromatic nitrogens is 1. The fraction of sp³-hybridized carbons (Fsp3) is 0.455. The predicted molar refractivity (Wildman–Crippen MR) is 110 cm³/mol. The molecular weight excluding hydrogens is 336 g/mol. The summed E-state index contributed by atoms with van der Waals surface area (Å²) < 4.78 is 0. The van der Waals surface area contributed by atoms with Crippen molar-refractivity contribution in [1.82, 2.24) is 9.88 Å². The summed E-state index contributed by atoms with van der Waals surface area (Å²) in [6.45, 7) is 4.01. The van der Waals surface area contributed by atoms with Crippen molar-refractivity contribution in [2.75, 3.05) is 36.4 Å². The maximum Gasteiger partial charge on any atom is 0.255 e. The molecule has 0 unspecified atom stereocenters. The van der Waals surface area contributed by atoms with Crippen molar-refractivity contribution in [1.29, 1.82) is 0 Å². The Hall–Kier alpha value is -2.56. The molecule has 2 saturated heterocycles. The largest absolute Gasteiger partial charge is 0.372 e. The number of carbonyl (C=O) groups excluding carboxylic acids is 1. The monoisotopic (exact) mass is 364 g/mol. The molecule has 0 saturated carbocycles. The Morgan fingerprint density at radius 3 is 2.19 bits per heavy atom. The van der Waals surface area contributed by atoms with E-state index in [4.69, 9.17) is 0 Å². The van der Waals surface area contributed by atoms with Crippen molar-refractivity contribution in [2.45, 2.75) is 38.5 Å². The van der Waals surface area contributed by atoms with Gasteiger partial charge in [0.25, 0.3) is 5.91 Å². The lowest BCUT2D eigenvalue weighted by Crippen LogP contribution is -2.35. The van der Waals surface area contributed by atoms with Gasteiger partial charge in [-0.05, 0) is 68.9 Å². The fourth-order valence-corrected chi connectivity index (χ4v) is 3.98. The van der Waals surface area contributed by atoms with Crippen LogP contribution in [0.4, 0.5) is 17.1 Å². The molecule has 0 bridgehead atoms. The van der Waals surface area contributed by atoms with Crippen LogP contribution >= 0.6 is 0 Å². The Morgan fingerprint density at radius 1 is 0.815 bits per heavy atom. The lowest BCUT2D eigenvalue weighted by atomic mass is 10.1. The standard InChI is InChI=1S/C22H28N4O/c27-22(26-13-5-2-6-14-26)18-15-20(17-23-16-18)24-19-7-9-21(10-8-19)25-11-3-1-4-12-25/h7-10,15-17,24H,1-6,11-14H2. The molecule has 1 aromatic carbocycles. The average Bonchev–Trinajstić information content (AvgIpc) is 2.75. The molecule has 0 radical (unpaired) electrons. The number of benzene rings is 1. The Kier molecular flexibility index (Phi) is 5.56. The van der Waals surface area contributed by atoms with Crippen LogP contribution < -0.4 is 10.2 Å². The van der Waals surface area contributed by atoms with Crippen LogP contribution in [-0.4, -0.2) is 42.0 Å². The van der Waals surface area contributed by atoms with Crippen LogP contribution in [0.3, 0.4) is 0 Å². The van der Waals surface area contributed by atoms with E-state index in [-0.39, 0.29) is 5.91 Å². The number of rotatable bonds is 4. The van der Waals surface area contributed by atoms with E-state index < -0.39 is 0 Å². The fourth-order valence-electron chi connectivity index (χ4n) is 3.98. The molecule has 1 aromatic heterocycles. The van der Waals surface area contributed by atoms with Gasteiger partial charge in [-0.2, -0.15) is 0 Å². The minimum absolute atomic E-state index is 0.0892. The van der Waals surface area contributed by atoms with Gasteiger partial charge >= 0.3 is 0 Å². The second-order valence-electron chi connectivity index (χ2n) is 7.53. The number of hydrogen-bond acceptors (Lipinski definition) is 4. The van der Waals surface area contributed by atoms with Crippen LogP contribution in [0.15, 0.2) is 42.7 Å². The molecule has 2 aromatic rings. The molecule has 0 atom stereocenters. The van der Waals surface area contributed by atoms with Crippen molar-refractivity contribution in [3.63, 3.8) is 0 Å². The third-order valence-electron chi connectivity index (χ3n) is 5.51. The van der Waals surface area contributed by atoms with Gasteiger partial charge in [-0.25, -0.2) is 0 Å². The number of amides is 1. The molecule has 0 aliphatic carbocycles. The Labute approximate surface area is 161 Å². The quantitative estimate of drug-likeness (QED) is 0.871. The van der Waals surface area contributed by atoms with Crippen LogP contribution in [0.2, 0.25) is 0 Å². The average molecular weight is 364 g/mol. The second-order valence-corrected chi connectivity index (χ2v) is 7.53. The van der Waals surface area contributed by atoms with E-state index in [2.05, 4.69) is 39.5 Å². The molecule has 1 amide bonds. The number of piperidine rings is 2. The van der Waals surface area contributed by atoms with Crippen LogP contribution in [0, 0.1) is 0 Å². The normalized spacial score (nSPS) is 17.6. The van der Waals surface area contributed by atoms with E-state index in [9.17, 15) is 4.79 Å². The van der Waals surface area contributed by atoms with Crippen molar-refractivity contribution < 1.29 is 4.79 Å². The smallest absolute Gasteiger partial charge is 0.255 e. The minimum atomic E-state index is 0.0892. The lowest BCUT2D eigenvalue weighted by molar-refractivity contribution is 0.0724. The first-order chi connectivity index (χ1) is 13.3. The van der Waals surface area contributed by atoms with Gasteiger partial charge < -0.3 is 15.1 Å². The second kappa shape index (κ2) is 8.42. The van der Waals surface area contributed by atoms with E-state index in [0.717, 1.165) is 50.4 Å². The summed E-state index contributed by atoms with van der Waals surface area (Å²) in [7, 11) is 0. The molecule has 2 fully saturated rings. The Morgan fingerprint density at radius 2 is 1.48 bits per heavy atom. The summed E-state index contributed by atoms with van der Waals surface area (Å²) in [6.07, 6.45) is 10.8. The maximum absolute atomic E-state index is 12.7. The molecule has 1 N–H and O–H groups in total. The van der Waals surface area contributed by atoms with Crippen molar-refractivity contribution in [2.24, 2.45) is 0 Å². The zero-order valence-corrected chi connectivity index (χ0v) is 15.9. The molecular formula is C22H28N4O. The van der Waals surface area contributed by atoms with Gasteiger partial charge in [0, 0.05) is 43.8 Å². The highest BCUT2D eigenvalue weighted by Crippen LogP contribution is 2.24. The number of nitrogens with one attached hydrogen (secondary N) is 1. The lowest BCUT2D eigenvalue weighted by Gasteiger charge is -2.29. The van der Waals surface area contributed by atoms with Crippen LogP contribution in [-0.2, 0) is 0 Å².